The molecule has 2 heterocycles. The molecule has 0 spiro atoms. The average Bonchev–Trinajstić information content (AvgIpc) is 3.17. The summed E-state index contributed by atoms with van der Waals surface area (Å²) >= 11 is 2.01. The second-order valence-electron chi connectivity index (χ2n) is 7.65. The smallest absolute Gasteiger partial charge is 0.246 e. The molecule has 1 saturated heterocycles. The largest absolute Gasteiger partial charge is 0.357 e. The van der Waals surface area contributed by atoms with Crippen LogP contribution in [0.25, 0.3) is 0 Å². The van der Waals surface area contributed by atoms with Gasteiger partial charge in [-0.1, -0.05) is 12.1 Å². The van der Waals surface area contributed by atoms with E-state index in [1.165, 1.54) is 0 Å². The number of nitrogens with one attached hydrogen (secondary N) is 2. The minimum absolute atomic E-state index is 0. The number of aromatic nitrogens is 2. The van der Waals surface area contributed by atoms with Gasteiger partial charge in [0.05, 0.1) is 6.54 Å². The lowest BCUT2D eigenvalue weighted by molar-refractivity contribution is -0.116. The standard InChI is InChI=1S/C21H30N6OS.HI/c1-4-22-20(26-11-12-29-21(2,3)16-26)23-14-17-7-5-8-18(13-17)25-19(28)15-27-10-6-9-24-27;/h5-10,13H,4,11-12,14-16H2,1-3H3,(H,22,23)(H,25,28);1H. The Morgan fingerprint density at radius 3 is 2.87 bits per heavy atom. The van der Waals surface area contributed by atoms with Gasteiger partial charge in [0.2, 0.25) is 5.91 Å². The molecule has 164 valence electrons. The van der Waals surface area contributed by atoms with Crippen molar-refractivity contribution in [2.75, 3.05) is 30.7 Å². The van der Waals surface area contributed by atoms with Gasteiger partial charge in [-0.25, -0.2) is 4.99 Å². The fraction of sp³-hybridized carbons (Fsp3) is 0.476. The highest BCUT2D eigenvalue weighted by molar-refractivity contribution is 14.0. The number of anilines is 1. The van der Waals surface area contributed by atoms with Crippen molar-refractivity contribution in [1.29, 1.82) is 0 Å². The summed E-state index contributed by atoms with van der Waals surface area (Å²) in [6, 6.07) is 9.65. The predicted molar refractivity (Wildman–Crippen MR) is 136 cm³/mol. The van der Waals surface area contributed by atoms with E-state index in [0.717, 1.165) is 42.6 Å². The van der Waals surface area contributed by atoms with Gasteiger partial charge in [0.25, 0.3) is 0 Å². The lowest BCUT2D eigenvalue weighted by atomic mass is 10.2. The molecule has 0 aliphatic carbocycles. The molecule has 2 aromatic rings. The van der Waals surface area contributed by atoms with E-state index in [2.05, 4.69) is 41.4 Å². The van der Waals surface area contributed by atoms with Crippen LogP contribution in [0.15, 0.2) is 47.7 Å². The molecule has 0 radical (unpaired) electrons. The molecule has 3 rings (SSSR count). The molecule has 0 bridgehead atoms. The van der Waals surface area contributed by atoms with Crippen molar-refractivity contribution < 1.29 is 4.79 Å². The Balaban J connectivity index is 0.00000320. The SMILES string of the molecule is CCNC(=NCc1cccc(NC(=O)Cn2cccn2)c1)N1CCSC(C)(C)C1.I. The van der Waals surface area contributed by atoms with Crippen molar-refractivity contribution in [2.24, 2.45) is 4.99 Å². The van der Waals surface area contributed by atoms with E-state index in [-0.39, 0.29) is 41.2 Å². The summed E-state index contributed by atoms with van der Waals surface area (Å²) in [6.45, 7) is 10.2. The summed E-state index contributed by atoms with van der Waals surface area (Å²) in [7, 11) is 0. The number of halogens is 1. The number of nitrogens with zero attached hydrogens (tertiary/aromatic N) is 4. The summed E-state index contributed by atoms with van der Waals surface area (Å²) in [5.41, 5.74) is 1.83. The molecule has 7 nitrogen and oxygen atoms in total. The van der Waals surface area contributed by atoms with Crippen LogP contribution in [0, 0.1) is 0 Å². The average molecular weight is 542 g/mol. The first kappa shape index (κ1) is 24.5. The van der Waals surface area contributed by atoms with Gasteiger partial charge in [0, 0.05) is 48.2 Å². The molecule has 9 heteroatoms. The Labute approximate surface area is 200 Å². The highest BCUT2D eigenvalue weighted by atomic mass is 127. The van der Waals surface area contributed by atoms with Crippen molar-refractivity contribution in [2.45, 2.75) is 38.6 Å². The molecule has 0 unspecified atom stereocenters. The Bertz CT molecular complexity index is 840. The number of carbonyl (C=O) groups is 1. The van der Waals surface area contributed by atoms with Crippen molar-refractivity contribution in [3.05, 3.63) is 48.3 Å². The Hall–Kier alpha value is -1.75. The van der Waals surface area contributed by atoms with Gasteiger partial charge in [-0.05, 0) is 44.5 Å². The van der Waals surface area contributed by atoms with Crippen LogP contribution >= 0.6 is 35.7 Å². The van der Waals surface area contributed by atoms with Crippen LogP contribution in [-0.4, -0.2) is 56.7 Å². The van der Waals surface area contributed by atoms with Gasteiger partial charge in [0.1, 0.15) is 6.54 Å². The molecule has 2 N–H and O–H groups in total. The minimum atomic E-state index is -0.101. The monoisotopic (exact) mass is 542 g/mol. The third-order valence-corrected chi connectivity index (χ3v) is 5.84. The van der Waals surface area contributed by atoms with Crippen LogP contribution in [0.3, 0.4) is 0 Å². The molecule has 1 aromatic carbocycles. The zero-order valence-corrected chi connectivity index (χ0v) is 20.9. The van der Waals surface area contributed by atoms with Gasteiger partial charge < -0.3 is 15.5 Å². The molecule has 1 aliphatic rings. The lowest BCUT2D eigenvalue weighted by Gasteiger charge is -2.39. The number of carbonyl (C=O) groups excluding carboxylic acids is 1. The van der Waals surface area contributed by atoms with Crippen LogP contribution in [0.4, 0.5) is 5.69 Å². The number of aliphatic imine (C=N–C) groups is 1. The van der Waals surface area contributed by atoms with Crippen LogP contribution < -0.4 is 10.6 Å². The quantitative estimate of drug-likeness (QED) is 0.333. The molecule has 0 atom stereocenters. The molecular formula is C21H31IN6OS. The maximum absolute atomic E-state index is 12.2. The van der Waals surface area contributed by atoms with E-state index >= 15 is 0 Å². The van der Waals surface area contributed by atoms with E-state index in [9.17, 15) is 4.79 Å². The number of rotatable bonds is 6. The molecule has 1 aromatic heterocycles. The maximum Gasteiger partial charge on any atom is 0.246 e. The second-order valence-corrected chi connectivity index (χ2v) is 9.45. The maximum atomic E-state index is 12.2. The molecule has 1 aliphatic heterocycles. The lowest BCUT2D eigenvalue weighted by Crippen LogP contribution is -2.50. The van der Waals surface area contributed by atoms with E-state index in [1.54, 1.807) is 23.1 Å². The van der Waals surface area contributed by atoms with Crippen LogP contribution in [0.5, 0.6) is 0 Å². The van der Waals surface area contributed by atoms with E-state index in [1.807, 2.05) is 36.0 Å². The molecule has 1 amide bonds. The fourth-order valence-corrected chi connectivity index (χ4v) is 4.39. The first-order chi connectivity index (χ1) is 13.9. The zero-order chi connectivity index (χ0) is 20.7. The van der Waals surface area contributed by atoms with Gasteiger partial charge in [-0.2, -0.15) is 16.9 Å². The highest BCUT2D eigenvalue weighted by Crippen LogP contribution is 2.29. The van der Waals surface area contributed by atoms with Crippen molar-refractivity contribution in [3.8, 4) is 0 Å². The fourth-order valence-electron chi connectivity index (χ4n) is 3.28. The van der Waals surface area contributed by atoms with E-state index < -0.39 is 0 Å². The van der Waals surface area contributed by atoms with Crippen LogP contribution in [0.2, 0.25) is 0 Å². The Morgan fingerprint density at radius 1 is 1.33 bits per heavy atom. The summed E-state index contributed by atoms with van der Waals surface area (Å²) in [5.74, 6) is 1.96. The number of amides is 1. The van der Waals surface area contributed by atoms with Gasteiger partial charge >= 0.3 is 0 Å². The Kier molecular flexibility index (Phi) is 9.47. The van der Waals surface area contributed by atoms with Crippen molar-refractivity contribution in [1.82, 2.24) is 20.0 Å². The number of hydrogen-bond donors (Lipinski definition) is 2. The van der Waals surface area contributed by atoms with E-state index in [0.29, 0.717) is 6.54 Å². The normalized spacial score (nSPS) is 16.0. The third-order valence-electron chi connectivity index (χ3n) is 4.55. The van der Waals surface area contributed by atoms with Crippen LogP contribution in [0.1, 0.15) is 26.3 Å². The van der Waals surface area contributed by atoms with E-state index in [4.69, 9.17) is 4.99 Å². The van der Waals surface area contributed by atoms with Gasteiger partial charge in [-0.15, -0.1) is 24.0 Å². The summed E-state index contributed by atoms with van der Waals surface area (Å²) < 4.78 is 1.83. The topological polar surface area (TPSA) is 74.5 Å². The summed E-state index contributed by atoms with van der Waals surface area (Å²) in [5, 5.41) is 10.4. The highest BCUT2D eigenvalue weighted by Gasteiger charge is 2.28. The second kappa shape index (κ2) is 11.6. The third kappa shape index (κ3) is 7.50. The predicted octanol–water partition coefficient (Wildman–Crippen LogP) is 3.43. The first-order valence-corrected chi connectivity index (χ1v) is 11.0. The number of guanidine groups is 1. The zero-order valence-electron chi connectivity index (χ0n) is 17.8. The molecular weight excluding hydrogens is 511 g/mol. The summed E-state index contributed by atoms with van der Waals surface area (Å²) in [6.07, 6.45) is 3.43. The first-order valence-electron chi connectivity index (χ1n) is 9.98. The van der Waals surface area contributed by atoms with Crippen LogP contribution in [-0.2, 0) is 17.9 Å². The van der Waals surface area contributed by atoms with Gasteiger partial charge in [-0.3, -0.25) is 9.48 Å². The number of hydrogen-bond acceptors (Lipinski definition) is 4. The molecule has 1 fully saturated rings. The summed E-state index contributed by atoms with van der Waals surface area (Å²) in [4.78, 5) is 19.4. The Morgan fingerprint density at radius 2 is 2.17 bits per heavy atom. The number of thioether (sulfide) groups is 1. The van der Waals surface area contributed by atoms with Crippen molar-refractivity contribution >= 4 is 53.3 Å². The molecule has 30 heavy (non-hydrogen) atoms. The number of benzene rings is 1. The van der Waals surface area contributed by atoms with Gasteiger partial charge in [0.15, 0.2) is 5.96 Å². The van der Waals surface area contributed by atoms with Crippen molar-refractivity contribution in [3.63, 3.8) is 0 Å². The minimum Gasteiger partial charge on any atom is -0.357 e. The molecule has 0 saturated carbocycles.